The average Bonchev–Trinajstić information content (AvgIpc) is 3.22. The number of aromatic nitrogens is 3. The highest BCUT2D eigenvalue weighted by atomic mass is 35.5. The summed E-state index contributed by atoms with van der Waals surface area (Å²) in [5.74, 6) is 0.520. The summed E-state index contributed by atoms with van der Waals surface area (Å²) in [5.41, 5.74) is 1.81. The first-order valence-corrected chi connectivity index (χ1v) is 11.5. The predicted octanol–water partition coefficient (Wildman–Crippen LogP) is 3.69. The standard InChI is InChI=1S/C23H24ClN5O2S/c1-2-29-20(15-26-21(30)13-12-18-10-6-7-11-19(18)24)27-28-23(29)32-16-22(31)25-14-17-8-4-3-5-9-17/h3-13H,2,14-16H2,1H3,(H,25,31)(H,26,30)/b13-12+. The molecule has 1 heterocycles. The van der Waals surface area contributed by atoms with Gasteiger partial charge in [0.2, 0.25) is 11.8 Å². The van der Waals surface area contributed by atoms with E-state index in [9.17, 15) is 9.59 Å². The number of benzene rings is 2. The van der Waals surface area contributed by atoms with Crippen LogP contribution in [0.25, 0.3) is 6.08 Å². The van der Waals surface area contributed by atoms with Crippen LogP contribution in [-0.4, -0.2) is 32.3 Å². The first-order chi connectivity index (χ1) is 15.6. The van der Waals surface area contributed by atoms with Crippen LogP contribution in [0.5, 0.6) is 0 Å². The van der Waals surface area contributed by atoms with Crippen LogP contribution in [0.3, 0.4) is 0 Å². The van der Waals surface area contributed by atoms with Gasteiger partial charge in [0.15, 0.2) is 11.0 Å². The Hall–Kier alpha value is -3.10. The van der Waals surface area contributed by atoms with Crippen molar-refractivity contribution in [2.24, 2.45) is 0 Å². The second-order valence-electron chi connectivity index (χ2n) is 6.77. The molecule has 0 fully saturated rings. The molecule has 3 rings (SSSR count). The van der Waals surface area contributed by atoms with Gasteiger partial charge in [-0.15, -0.1) is 10.2 Å². The second-order valence-corrected chi connectivity index (χ2v) is 8.12. The molecule has 0 unspecified atom stereocenters. The zero-order valence-electron chi connectivity index (χ0n) is 17.6. The van der Waals surface area contributed by atoms with Gasteiger partial charge >= 0.3 is 0 Å². The van der Waals surface area contributed by atoms with Crippen molar-refractivity contribution in [3.05, 3.63) is 82.6 Å². The molecular formula is C23H24ClN5O2S. The Morgan fingerprint density at radius 3 is 2.53 bits per heavy atom. The Bertz CT molecular complexity index is 1090. The summed E-state index contributed by atoms with van der Waals surface area (Å²) in [6, 6.07) is 17.0. The predicted molar refractivity (Wildman–Crippen MR) is 127 cm³/mol. The highest BCUT2D eigenvalue weighted by Gasteiger charge is 2.13. The van der Waals surface area contributed by atoms with Crippen molar-refractivity contribution in [2.75, 3.05) is 5.75 Å². The third-order valence-electron chi connectivity index (χ3n) is 4.51. The lowest BCUT2D eigenvalue weighted by Crippen LogP contribution is -2.25. The minimum atomic E-state index is -0.259. The summed E-state index contributed by atoms with van der Waals surface area (Å²) in [7, 11) is 0. The molecular weight excluding hydrogens is 446 g/mol. The van der Waals surface area contributed by atoms with Crippen molar-refractivity contribution in [3.8, 4) is 0 Å². The fraction of sp³-hybridized carbons (Fsp3) is 0.217. The maximum Gasteiger partial charge on any atom is 0.244 e. The van der Waals surface area contributed by atoms with Gasteiger partial charge in [0.05, 0.1) is 12.3 Å². The van der Waals surface area contributed by atoms with Crippen molar-refractivity contribution in [2.45, 2.75) is 31.7 Å². The number of nitrogens with one attached hydrogen (secondary N) is 2. The average molecular weight is 470 g/mol. The van der Waals surface area contributed by atoms with Crippen molar-refractivity contribution >= 4 is 41.3 Å². The molecule has 0 aliphatic carbocycles. The third kappa shape index (κ3) is 6.96. The molecule has 32 heavy (non-hydrogen) atoms. The fourth-order valence-corrected chi connectivity index (χ4v) is 3.90. The molecule has 0 aliphatic heterocycles. The van der Waals surface area contributed by atoms with Crippen molar-refractivity contribution in [1.29, 1.82) is 0 Å². The normalized spacial score (nSPS) is 10.9. The maximum atomic E-state index is 12.2. The van der Waals surface area contributed by atoms with Gasteiger partial charge < -0.3 is 15.2 Å². The number of hydrogen-bond donors (Lipinski definition) is 2. The minimum Gasteiger partial charge on any atom is -0.351 e. The molecule has 2 amide bonds. The maximum absolute atomic E-state index is 12.2. The molecule has 7 nitrogen and oxygen atoms in total. The lowest BCUT2D eigenvalue weighted by Gasteiger charge is -2.08. The molecule has 9 heteroatoms. The number of carbonyl (C=O) groups excluding carboxylic acids is 2. The summed E-state index contributed by atoms with van der Waals surface area (Å²) in [6.07, 6.45) is 3.10. The topological polar surface area (TPSA) is 88.9 Å². The zero-order valence-corrected chi connectivity index (χ0v) is 19.2. The van der Waals surface area contributed by atoms with Crippen LogP contribution >= 0.6 is 23.4 Å². The van der Waals surface area contributed by atoms with E-state index >= 15 is 0 Å². The zero-order chi connectivity index (χ0) is 22.8. The molecule has 0 aliphatic rings. The molecule has 166 valence electrons. The summed E-state index contributed by atoms with van der Waals surface area (Å²) in [5, 5.41) is 15.2. The molecule has 1 aromatic heterocycles. The molecule has 2 N–H and O–H groups in total. The van der Waals surface area contributed by atoms with Crippen LogP contribution in [0.15, 0.2) is 65.8 Å². The monoisotopic (exact) mass is 469 g/mol. The van der Waals surface area contributed by atoms with Gasteiger partial charge in [-0.1, -0.05) is 71.9 Å². The van der Waals surface area contributed by atoms with Gasteiger partial charge in [-0.05, 0) is 30.2 Å². The van der Waals surface area contributed by atoms with Gasteiger partial charge in [-0.25, -0.2) is 0 Å². The van der Waals surface area contributed by atoms with E-state index in [0.717, 1.165) is 11.1 Å². The minimum absolute atomic E-state index is 0.0796. The molecule has 0 radical (unpaired) electrons. The van der Waals surface area contributed by atoms with E-state index in [0.29, 0.717) is 29.1 Å². The van der Waals surface area contributed by atoms with Crippen LogP contribution in [0.1, 0.15) is 23.9 Å². The number of thioether (sulfide) groups is 1. The van der Waals surface area contributed by atoms with E-state index in [-0.39, 0.29) is 24.1 Å². The molecule has 3 aromatic rings. The van der Waals surface area contributed by atoms with Gasteiger partial charge in [0.1, 0.15) is 0 Å². The number of hydrogen-bond acceptors (Lipinski definition) is 5. The fourth-order valence-electron chi connectivity index (χ4n) is 2.85. The van der Waals surface area contributed by atoms with E-state index in [2.05, 4.69) is 20.8 Å². The summed E-state index contributed by atoms with van der Waals surface area (Å²) < 4.78 is 1.88. The van der Waals surface area contributed by atoms with E-state index in [1.165, 1.54) is 17.8 Å². The van der Waals surface area contributed by atoms with E-state index in [4.69, 9.17) is 11.6 Å². The SMILES string of the molecule is CCn1c(CNC(=O)/C=C/c2ccccc2Cl)nnc1SCC(=O)NCc1ccccc1. The molecule has 0 saturated carbocycles. The van der Waals surface area contributed by atoms with E-state index < -0.39 is 0 Å². The Kier molecular flexibility index (Phi) is 8.89. The second kappa shape index (κ2) is 12.1. The van der Waals surface area contributed by atoms with Crippen LogP contribution in [-0.2, 0) is 29.2 Å². The van der Waals surface area contributed by atoms with Crippen LogP contribution in [0.4, 0.5) is 0 Å². The van der Waals surface area contributed by atoms with Crippen molar-refractivity contribution in [3.63, 3.8) is 0 Å². The summed E-state index contributed by atoms with van der Waals surface area (Å²) >= 11 is 7.41. The number of rotatable bonds is 10. The molecule has 0 atom stereocenters. The lowest BCUT2D eigenvalue weighted by atomic mass is 10.2. The molecule has 0 bridgehead atoms. The molecule has 2 aromatic carbocycles. The van der Waals surface area contributed by atoms with Gasteiger partial charge in [0.25, 0.3) is 0 Å². The highest BCUT2D eigenvalue weighted by molar-refractivity contribution is 7.99. The number of nitrogens with zero attached hydrogens (tertiary/aromatic N) is 3. The van der Waals surface area contributed by atoms with Gasteiger partial charge in [0, 0.05) is 24.2 Å². The first-order valence-electron chi connectivity index (χ1n) is 10.1. The Labute approximate surface area is 196 Å². The lowest BCUT2D eigenvalue weighted by molar-refractivity contribution is -0.119. The molecule has 0 spiro atoms. The summed E-state index contributed by atoms with van der Waals surface area (Å²) in [6.45, 7) is 3.31. The Morgan fingerprint density at radius 2 is 1.78 bits per heavy atom. The summed E-state index contributed by atoms with van der Waals surface area (Å²) in [4.78, 5) is 24.3. The van der Waals surface area contributed by atoms with Crippen LogP contribution in [0.2, 0.25) is 5.02 Å². The Balaban J connectivity index is 1.49. The van der Waals surface area contributed by atoms with E-state index in [1.54, 1.807) is 12.1 Å². The largest absolute Gasteiger partial charge is 0.351 e. The van der Waals surface area contributed by atoms with Gasteiger partial charge in [-0.2, -0.15) is 0 Å². The quantitative estimate of drug-likeness (QED) is 0.349. The Morgan fingerprint density at radius 1 is 1.03 bits per heavy atom. The number of carbonyl (C=O) groups is 2. The van der Waals surface area contributed by atoms with Crippen LogP contribution in [0, 0.1) is 0 Å². The number of halogens is 1. The van der Waals surface area contributed by atoms with Crippen molar-refractivity contribution in [1.82, 2.24) is 25.4 Å². The smallest absolute Gasteiger partial charge is 0.244 e. The number of amides is 2. The molecule has 0 saturated heterocycles. The van der Waals surface area contributed by atoms with Crippen molar-refractivity contribution < 1.29 is 9.59 Å². The highest BCUT2D eigenvalue weighted by Crippen LogP contribution is 2.17. The van der Waals surface area contributed by atoms with E-state index in [1.807, 2.05) is 60.0 Å². The first kappa shape index (κ1) is 23.6. The van der Waals surface area contributed by atoms with Crippen LogP contribution < -0.4 is 10.6 Å². The third-order valence-corrected chi connectivity index (χ3v) is 5.83. The van der Waals surface area contributed by atoms with Gasteiger partial charge in [-0.3, -0.25) is 9.59 Å².